The Hall–Kier alpha value is -1.55. The number of nitrogens with zero attached hydrogens (tertiary/aromatic N) is 2. The predicted octanol–water partition coefficient (Wildman–Crippen LogP) is 4.01. The van der Waals surface area contributed by atoms with Crippen LogP contribution in [0.3, 0.4) is 0 Å². The van der Waals surface area contributed by atoms with E-state index in [1.807, 2.05) is 6.92 Å². The first-order chi connectivity index (χ1) is 10.8. The van der Waals surface area contributed by atoms with Crippen molar-refractivity contribution in [2.24, 2.45) is 0 Å². The Bertz CT molecular complexity index is 640. The van der Waals surface area contributed by atoms with Crippen molar-refractivity contribution in [2.45, 2.75) is 44.6 Å². The number of benzene rings is 1. The number of ether oxygens (including phenoxy) is 1. The van der Waals surface area contributed by atoms with Gasteiger partial charge in [-0.2, -0.15) is 0 Å². The number of aromatic nitrogens is 2. The van der Waals surface area contributed by atoms with Crippen LogP contribution in [0, 0.1) is 6.92 Å². The van der Waals surface area contributed by atoms with Crippen LogP contribution in [0.1, 0.15) is 36.0 Å². The number of aryl methyl sites for hydroxylation is 3. The lowest BCUT2D eigenvalue weighted by atomic mass is 10.2. The van der Waals surface area contributed by atoms with Crippen molar-refractivity contribution in [2.75, 3.05) is 12.4 Å². The Morgan fingerprint density at radius 1 is 1.14 bits per heavy atom. The van der Waals surface area contributed by atoms with E-state index in [1.165, 1.54) is 23.2 Å². The zero-order chi connectivity index (χ0) is 15.4. The Kier molecular flexibility index (Phi) is 4.98. The Labute approximate surface area is 136 Å². The van der Waals surface area contributed by atoms with Gasteiger partial charge in [-0.05, 0) is 50.3 Å². The topological polar surface area (TPSA) is 35.0 Å². The first-order valence-corrected chi connectivity index (χ1v) is 8.95. The Morgan fingerprint density at radius 3 is 2.73 bits per heavy atom. The molecule has 0 unspecified atom stereocenters. The first-order valence-electron chi connectivity index (χ1n) is 7.97. The van der Waals surface area contributed by atoms with Gasteiger partial charge in [-0.1, -0.05) is 19.1 Å². The van der Waals surface area contributed by atoms with Crippen molar-refractivity contribution in [1.29, 1.82) is 0 Å². The fourth-order valence-corrected chi connectivity index (χ4v) is 3.71. The summed E-state index contributed by atoms with van der Waals surface area (Å²) in [6, 6.07) is 8.36. The summed E-state index contributed by atoms with van der Waals surface area (Å²) < 4.78 is 5.81. The van der Waals surface area contributed by atoms with E-state index in [4.69, 9.17) is 4.74 Å². The molecule has 0 radical (unpaired) electrons. The molecule has 0 fully saturated rings. The molecule has 1 aromatic carbocycles. The van der Waals surface area contributed by atoms with Crippen LogP contribution in [0.5, 0.6) is 5.75 Å². The van der Waals surface area contributed by atoms with Crippen LogP contribution in [0.15, 0.2) is 29.3 Å². The first kappa shape index (κ1) is 15.3. The summed E-state index contributed by atoms with van der Waals surface area (Å²) in [6.07, 6.45) is 4.50. The molecule has 2 aromatic rings. The van der Waals surface area contributed by atoms with Crippen molar-refractivity contribution < 1.29 is 4.74 Å². The summed E-state index contributed by atoms with van der Waals surface area (Å²) in [5.74, 6) is 2.75. The quantitative estimate of drug-likeness (QED) is 0.458. The number of rotatable bonds is 6. The molecule has 1 aliphatic carbocycles. The van der Waals surface area contributed by atoms with Crippen LogP contribution in [0.4, 0.5) is 0 Å². The third kappa shape index (κ3) is 3.61. The van der Waals surface area contributed by atoms with Crippen molar-refractivity contribution in [1.82, 2.24) is 9.97 Å². The molecule has 0 aliphatic heterocycles. The minimum atomic E-state index is 0.702. The molecule has 1 heterocycles. The van der Waals surface area contributed by atoms with Gasteiger partial charge in [0.05, 0.1) is 6.61 Å². The fourth-order valence-electron chi connectivity index (χ4n) is 2.75. The van der Waals surface area contributed by atoms with Crippen LogP contribution in [-0.2, 0) is 19.3 Å². The van der Waals surface area contributed by atoms with Gasteiger partial charge in [0.2, 0.25) is 0 Å². The SMILES string of the molecule is CCc1ccc(OCCSc2nc(C)nc3c2CCC3)cc1. The molecule has 22 heavy (non-hydrogen) atoms. The molecule has 1 aliphatic rings. The molecule has 0 N–H and O–H groups in total. The normalized spacial score (nSPS) is 13.2. The molecule has 0 amide bonds. The van der Waals surface area contributed by atoms with E-state index >= 15 is 0 Å². The average Bonchev–Trinajstić information content (AvgIpc) is 3.00. The highest BCUT2D eigenvalue weighted by atomic mass is 32.2. The number of fused-ring (bicyclic) bond motifs is 1. The summed E-state index contributed by atoms with van der Waals surface area (Å²) in [6.45, 7) is 4.84. The fraction of sp³-hybridized carbons (Fsp3) is 0.444. The molecule has 1 aromatic heterocycles. The van der Waals surface area contributed by atoms with Gasteiger partial charge in [0.25, 0.3) is 0 Å². The van der Waals surface area contributed by atoms with Gasteiger partial charge in [-0.25, -0.2) is 9.97 Å². The molecule has 4 heteroatoms. The maximum Gasteiger partial charge on any atom is 0.126 e. The summed E-state index contributed by atoms with van der Waals surface area (Å²) in [5, 5.41) is 1.16. The van der Waals surface area contributed by atoms with Crippen LogP contribution in [0.2, 0.25) is 0 Å². The van der Waals surface area contributed by atoms with Gasteiger partial charge >= 0.3 is 0 Å². The van der Waals surface area contributed by atoms with E-state index in [2.05, 4.69) is 41.2 Å². The summed E-state index contributed by atoms with van der Waals surface area (Å²) in [4.78, 5) is 9.16. The van der Waals surface area contributed by atoms with E-state index in [0.717, 1.165) is 41.6 Å². The minimum absolute atomic E-state index is 0.702. The third-order valence-corrected chi connectivity index (χ3v) is 4.91. The lowest BCUT2D eigenvalue weighted by Crippen LogP contribution is -2.03. The number of hydrogen-bond acceptors (Lipinski definition) is 4. The standard InChI is InChI=1S/C18H22N2OS/c1-3-14-7-9-15(10-8-14)21-11-12-22-18-16-5-4-6-17(16)19-13(2)20-18/h7-10H,3-6,11-12H2,1-2H3. The van der Waals surface area contributed by atoms with Crippen LogP contribution in [0.25, 0.3) is 0 Å². The predicted molar refractivity (Wildman–Crippen MR) is 90.8 cm³/mol. The highest BCUT2D eigenvalue weighted by Crippen LogP contribution is 2.29. The summed E-state index contributed by atoms with van der Waals surface area (Å²) in [7, 11) is 0. The van der Waals surface area contributed by atoms with Gasteiger partial charge in [0.15, 0.2) is 0 Å². The average molecular weight is 314 g/mol. The smallest absolute Gasteiger partial charge is 0.126 e. The van der Waals surface area contributed by atoms with Crippen molar-refractivity contribution in [3.05, 3.63) is 46.9 Å². The van der Waals surface area contributed by atoms with E-state index < -0.39 is 0 Å². The highest BCUT2D eigenvalue weighted by molar-refractivity contribution is 7.99. The highest BCUT2D eigenvalue weighted by Gasteiger charge is 2.18. The monoisotopic (exact) mass is 314 g/mol. The maximum absolute atomic E-state index is 5.81. The second-order valence-corrected chi connectivity index (χ2v) is 6.63. The molecule has 0 spiro atoms. The lowest BCUT2D eigenvalue weighted by molar-refractivity contribution is 0.344. The van der Waals surface area contributed by atoms with Gasteiger partial charge in [-0.15, -0.1) is 11.8 Å². The zero-order valence-corrected chi connectivity index (χ0v) is 14.1. The molecule has 0 saturated heterocycles. The molecule has 3 nitrogen and oxygen atoms in total. The summed E-state index contributed by atoms with van der Waals surface area (Å²) >= 11 is 1.79. The van der Waals surface area contributed by atoms with E-state index in [-0.39, 0.29) is 0 Å². The Morgan fingerprint density at radius 2 is 1.95 bits per heavy atom. The largest absolute Gasteiger partial charge is 0.493 e. The lowest BCUT2D eigenvalue weighted by Gasteiger charge is -2.09. The maximum atomic E-state index is 5.81. The number of hydrogen-bond donors (Lipinski definition) is 0. The van der Waals surface area contributed by atoms with Crippen LogP contribution >= 0.6 is 11.8 Å². The summed E-state index contributed by atoms with van der Waals surface area (Å²) in [5.41, 5.74) is 3.96. The van der Waals surface area contributed by atoms with Gasteiger partial charge in [0, 0.05) is 17.0 Å². The molecule has 0 saturated carbocycles. The van der Waals surface area contributed by atoms with E-state index in [9.17, 15) is 0 Å². The van der Waals surface area contributed by atoms with Gasteiger partial charge in [0.1, 0.15) is 16.6 Å². The molecule has 0 bridgehead atoms. The zero-order valence-electron chi connectivity index (χ0n) is 13.3. The van der Waals surface area contributed by atoms with Gasteiger partial charge in [-0.3, -0.25) is 0 Å². The minimum Gasteiger partial charge on any atom is -0.493 e. The molecule has 116 valence electrons. The molecule has 0 atom stereocenters. The van der Waals surface area contributed by atoms with Crippen molar-refractivity contribution >= 4 is 11.8 Å². The number of thioether (sulfide) groups is 1. The molecular formula is C18H22N2OS. The van der Waals surface area contributed by atoms with Crippen molar-refractivity contribution in [3.63, 3.8) is 0 Å². The van der Waals surface area contributed by atoms with Crippen molar-refractivity contribution in [3.8, 4) is 5.75 Å². The van der Waals surface area contributed by atoms with E-state index in [1.54, 1.807) is 11.8 Å². The van der Waals surface area contributed by atoms with Gasteiger partial charge < -0.3 is 4.74 Å². The van der Waals surface area contributed by atoms with E-state index in [0.29, 0.717) is 6.61 Å². The van der Waals surface area contributed by atoms with Crippen LogP contribution in [-0.4, -0.2) is 22.3 Å². The Balaban J connectivity index is 1.53. The third-order valence-electron chi connectivity index (χ3n) is 3.93. The second kappa shape index (κ2) is 7.14. The van der Waals surface area contributed by atoms with Crippen LogP contribution < -0.4 is 4.74 Å². The molecular weight excluding hydrogens is 292 g/mol. The molecule has 3 rings (SSSR count). The second-order valence-electron chi connectivity index (χ2n) is 5.55.